The number of hydrogen-bond donors (Lipinski definition) is 2. The van der Waals surface area contributed by atoms with Gasteiger partial charge in [0.1, 0.15) is 11.3 Å². The van der Waals surface area contributed by atoms with Gasteiger partial charge in [-0.1, -0.05) is 18.2 Å². The molecule has 0 aliphatic rings. The monoisotopic (exact) mass is 508 g/mol. The van der Waals surface area contributed by atoms with Crippen molar-refractivity contribution < 1.29 is 12.8 Å². The Kier molecular flexibility index (Phi) is 8.55. The van der Waals surface area contributed by atoms with E-state index in [0.717, 1.165) is 23.0 Å². The van der Waals surface area contributed by atoms with Gasteiger partial charge in [-0.25, -0.2) is 13.1 Å². The minimum atomic E-state index is -3.29. The highest BCUT2D eigenvalue weighted by Gasteiger charge is 2.22. The highest BCUT2D eigenvalue weighted by molar-refractivity contribution is 14.0. The maximum absolute atomic E-state index is 11.5. The van der Waals surface area contributed by atoms with Crippen LogP contribution < -0.4 is 10.0 Å². The van der Waals surface area contributed by atoms with E-state index in [0.29, 0.717) is 25.6 Å². The number of nitrogens with zero attached hydrogens (tertiary/aromatic N) is 2. The maximum atomic E-state index is 11.5. The number of nitrogens with one attached hydrogen (secondary N) is 2. The molecule has 2 N–H and O–H groups in total. The zero-order valence-corrected chi connectivity index (χ0v) is 19.6. The summed E-state index contributed by atoms with van der Waals surface area (Å²) in [5, 5.41) is 4.29. The average Bonchev–Trinajstić information content (AvgIpc) is 2.91. The topological polar surface area (TPSA) is 86.9 Å². The van der Waals surface area contributed by atoms with E-state index in [-0.39, 0.29) is 24.0 Å². The number of benzene rings is 1. The second-order valence-electron chi connectivity index (χ2n) is 7.03. The molecule has 27 heavy (non-hydrogen) atoms. The highest BCUT2D eigenvalue weighted by atomic mass is 127. The predicted molar refractivity (Wildman–Crippen MR) is 121 cm³/mol. The summed E-state index contributed by atoms with van der Waals surface area (Å²) in [5.74, 6) is 1.53. The summed E-state index contributed by atoms with van der Waals surface area (Å²) in [6.45, 7) is 7.18. The molecule has 0 aliphatic carbocycles. The van der Waals surface area contributed by atoms with Crippen molar-refractivity contribution in [3.05, 3.63) is 36.1 Å². The summed E-state index contributed by atoms with van der Waals surface area (Å²) in [6, 6.07) is 9.90. The number of halogens is 1. The summed E-state index contributed by atoms with van der Waals surface area (Å²) in [4.78, 5) is 6.54. The second kappa shape index (κ2) is 9.74. The quantitative estimate of drug-likeness (QED) is 0.341. The maximum Gasteiger partial charge on any atom is 0.209 e. The molecule has 1 aromatic heterocycles. The van der Waals surface area contributed by atoms with Crippen LogP contribution in [0.1, 0.15) is 26.5 Å². The number of hydrogen-bond acceptors (Lipinski definition) is 4. The number of fused-ring (bicyclic) bond motifs is 1. The lowest BCUT2D eigenvalue weighted by atomic mass is 10.1. The summed E-state index contributed by atoms with van der Waals surface area (Å²) in [7, 11) is -1.37. The normalized spacial score (nSPS) is 12.7. The lowest BCUT2D eigenvalue weighted by Gasteiger charge is -2.26. The van der Waals surface area contributed by atoms with Gasteiger partial charge in [-0.3, -0.25) is 4.99 Å². The fraction of sp³-hybridized carbons (Fsp3) is 0.500. The molecule has 0 fully saturated rings. The molecular weight excluding hydrogens is 479 g/mol. The molecule has 0 saturated carbocycles. The molecule has 1 aromatic carbocycles. The van der Waals surface area contributed by atoms with Crippen molar-refractivity contribution in [1.29, 1.82) is 0 Å². The second-order valence-corrected chi connectivity index (χ2v) is 8.78. The van der Waals surface area contributed by atoms with Gasteiger partial charge in [0.2, 0.25) is 10.0 Å². The van der Waals surface area contributed by atoms with Crippen LogP contribution in [0.25, 0.3) is 11.0 Å². The number of aliphatic imine (C=N–C) groups is 1. The van der Waals surface area contributed by atoms with E-state index in [9.17, 15) is 8.42 Å². The summed E-state index contributed by atoms with van der Waals surface area (Å²) in [6.07, 6.45) is 1.15. The van der Waals surface area contributed by atoms with Gasteiger partial charge in [0, 0.05) is 24.5 Å². The Bertz CT molecular complexity index is 845. The van der Waals surface area contributed by atoms with E-state index in [4.69, 9.17) is 4.42 Å². The third kappa shape index (κ3) is 7.67. The van der Waals surface area contributed by atoms with Crippen molar-refractivity contribution >= 4 is 50.9 Å². The van der Waals surface area contributed by atoms with Crippen molar-refractivity contribution in [2.24, 2.45) is 4.99 Å². The van der Waals surface area contributed by atoms with Crippen LogP contribution in [0, 0.1) is 0 Å². The van der Waals surface area contributed by atoms with E-state index < -0.39 is 15.6 Å². The molecule has 0 aliphatic heterocycles. The molecule has 0 amide bonds. The molecule has 0 atom stereocenters. The molecular formula is C18H29IN4O3S. The first-order chi connectivity index (χ1) is 12.1. The zero-order valence-electron chi connectivity index (χ0n) is 16.4. The Morgan fingerprint density at radius 3 is 2.56 bits per heavy atom. The van der Waals surface area contributed by atoms with Gasteiger partial charge >= 0.3 is 0 Å². The van der Waals surface area contributed by atoms with Crippen molar-refractivity contribution in [3.63, 3.8) is 0 Å². The minimum Gasteiger partial charge on any atom is -0.459 e. The van der Waals surface area contributed by atoms with Gasteiger partial charge in [-0.05, 0) is 32.9 Å². The Labute approximate surface area is 178 Å². The third-order valence-corrected chi connectivity index (χ3v) is 4.58. The summed E-state index contributed by atoms with van der Waals surface area (Å²) in [5.41, 5.74) is 0.186. The van der Waals surface area contributed by atoms with Crippen molar-refractivity contribution in [2.75, 3.05) is 26.4 Å². The van der Waals surface area contributed by atoms with E-state index in [1.54, 1.807) is 13.8 Å². The first-order valence-corrected chi connectivity index (χ1v) is 10.4. The van der Waals surface area contributed by atoms with Crippen molar-refractivity contribution in [3.8, 4) is 0 Å². The molecule has 2 rings (SSSR count). The Morgan fingerprint density at radius 1 is 1.30 bits per heavy atom. The molecule has 9 heteroatoms. The summed E-state index contributed by atoms with van der Waals surface area (Å²) >= 11 is 0. The first kappa shape index (κ1) is 23.7. The van der Waals surface area contributed by atoms with Gasteiger partial charge in [0.05, 0.1) is 19.3 Å². The lowest BCUT2D eigenvalue weighted by molar-refractivity contribution is 0.407. The average molecular weight is 508 g/mol. The molecule has 0 spiro atoms. The van der Waals surface area contributed by atoms with Gasteiger partial charge in [0.25, 0.3) is 0 Å². The first-order valence-electron chi connectivity index (χ1n) is 8.55. The van der Waals surface area contributed by atoms with E-state index in [2.05, 4.69) is 15.0 Å². The van der Waals surface area contributed by atoms with E-state index in [1.165, 1.54) is 0 Å². The molecule has 0 radical (unpaired) electrons. The van der Waals surface area contributed by atoms with Crippen LogP contribution >= 0.6 is 24.0 Å². The molecule has 152 valence electrons. The Morgan fingerprint density at radius 2 is 1.96 bits per heavy atom. The smallest absolute Gasteiger partial charge is 0.209 e. The fourth-order valence-electron chi connectivity index (χ4n) is 2.70. The lowest BCUT2D eigenvalue weighted by Crippen LogP contribution is -2.46. The largest absolute Gasteiger partial charge is 0.459 e. The van der Waals surface area contributed by atoms with Crippen LogP contribution in [0.15, 0.2) is 39.7 Å². The number of rotatable bonds is 7. The van der Waals surface area contributed by atoms with Crippen molar-refractivity contribution in [2.45, 2.75) is 32.9 Å². The van der Waals surface area contributed by atoms with Gasteiger partial charge < -0.3 is 14.6 Å². The Hall–Kier alpha value is -1.33. The molecule has 7 nitrogen and oxygen atoms in total. The molecule has 2 aromatic rings. The highest BCUT2D eigenvalue weighted by Crippen LogP contribution is 2.19. The molecule has 0 saturated heterocycles. The number of para-hydroxylation sites is 1. The summed E-state index contributed by atoms with van der Waals surface area (Å²) < 4.78 is 31.4. The number of guanidine groups is 1. The van der Waals surface area contributed by atoms with Crippen LogP contribution in [-0.4, -0.2) is 51.2 Å². The minimum absolute atomic E-state index is 0. The van der Waals surface area contributed by atoms with Crippen LogP contribution in [0.5, 0.6) is 0 Å². The van der Waals surface area contributed by atoms with Crippen LogP contribution in [-0.2, 0) is 16.6 Å². The predicted octanol–water partition coefficient (Wildman–Crippen LogP) is 2.78. The van der Waals surface area contributed by atoms with Crippen LogP contribution in [0.3, 0.4) is 0 Å². The number of furan rings is 1. The molecule has 0 bridgehead atoms. The van der Waals surface area contributed by atoms with Crippen LogP contribution in [0.2, 0.25) is 0 Å². The fourth-order valence-corrected chi connectivity index (χ4v) is 3.77. The van der Waals surface area contributed by atoms with Gasteiger partial charge in [0.15, 0.2) is 5.96 Å². The molecule has 0 unspecified atom stereocenters. The van der Waals surface area contributed by atoms with Crippen molar-refractivity contribution in [1.82, 2.24) is 14.9 Å². The molecule has 1 heterocycles. The third-order valence-electron chi connectivity index (χ3n) is 3.65. The van der Waals surface area contributed by atoms with Gasteiger partial charge in [-0.2, -0.15) is 0 Å². The zero-order chi connectivity index (χ0) is 19.4. The van der Waals surface area contributed by atoms with E-state index in [1.807, 2.05) is 49.2 Å². The standard InChI is InChI=1S/C18H28N4O3S.HI/c1-6-19-17(20-13-18(2,3)21-26(5,23)24)22(4)12-15-11-14-9-7-8-10-16(14)25-15;/h7-11,21H,6,12-13H2,1-5H3,(H,19,20);1H. The SMILES string of the molecule is CCNC(=NCC(C)(C)NS(C)(=O)=O)N(C)Cc1cc2ccccc2o1.I. The van der Waals surface area contributed by atoms with Gasteiger partial charge in [-0.15, -0.1) is 24.0 Å². The number of sulfonamides is 1. The Balaban J connectivity index is 0.00000364. The van der Waals surface area contributed by atoms with E-state index >= 15 is 0 Å². The van der Waals surface area contributed by atoms with Crippen LogP contribution in [0.4, 0.5) is 0 Å².